The van der Waals surface area contributed by atoms with Gasteiger partial charge in [-0.3, -0.25) is 14.4 Å². The highest BCUT2D eigenvalue weighted by Crippen LogP contribution is 2.36. The number of halogens is 2. The van der Waals surface area contributed by atoms with Crippen LogP contribution in [-0.4, -0.2) is 35.2 Å². The first kappa shape index (κ1) is 26.3. The first-order valence-corrected chi connectivity index (χ1v) is 13.7. The third-order valence-electron chi connectivity index (χ3n) is 7.48. The Balaban J connectivity index is 1.45. The predicted molar refractivity (Wildman–Crippen MR) is 151 cm³/mol. The van der Waals surface area contributed by atoms with E-state index in [0.29, 0.717) is 33.4 Å². The zero-order valence-electron chi connectivity index (χ0n) is 20.9. The molecule has 0 radical (unpaired) electrons. The lowest BCUT2D eigenvalue weighted by molar-refractivity contribution is 0.0390. The van der Waals surface area contributed by atoms with Gasteiger partial charge in [0, 0.05) is 28.7 Å². The van der Waals surface area contributed by atoms with Gasteiger partial charge in [0.25, 0.3) is 17.7 Å². The predicted octanol–water partition coefficient (Wildman–Crippen LogP) is 7.29. The van der Waals surface area contributed by atoms with Gasteiger partial charge in [-0.1, -0.05) is 54.2 Å². The van der Waals surface area contributed by atoms with Crippen molar-refractivity contribution in [3.05, 3.63) is 93.5 Å². The highest BCUT2D eigenvalue weighted by Gasteiger charge is 2.36. The number of amides is 3. The Bertz CT molecular complexity index is 1360. The van der Waals surface area contributed by atoms with E-state index in [1.165, 1.54) is 31.4 Å². The summed E-state index contributed by atoms with van der Waals surface area (Å²) in [5, 5.41) is 6.34. The van der Waals surface area contributed by atoms with E-state index in [9.17, 15) is 14.4 Å². The number of piperidine rings is 1. The molecule has 3 aromatic carbocycles. The summed E-state index contributed by atoms with van der Waals surface area (Å²) in [5.41, 5.74) is 1.87. The number of fused-ring (bicyclic) bond motifs is 1. The van der Waals surface area contributed by atoms with Crippen LogP contribution in [0.4, 0.5) is 11.4 Å². The Morgan fingerprint density at radius 1 is 0.737 bits per heavy atom. The first-order chi connectivity index (χ1) is 18.4. The molecule has 1 aliphatic heterocycles. The summed E-state index contributed by atoms with van der Waals surface area (Å²) in [4.78, 5) is 41.8. The molecule has 3 aromatic rings. The molecule has 2 atom stereocenters. The van der Waals surface area contributed by atoms with Crippen LogP contribution in [0.15, 0.2) is 66.7 Å². The number of carbonyl (C=O) groups is 3. The van der Waals surface area contributed by atoms with Gasteiger partial charge in [0.1, 0.15) is 0 Å². The summed E-state index contributed by atoms with van der Waals surface area (Å²) in [6.45, 7) is 0.735. The SMILES string of the molecule is O=C(Nc1cc(C(=O)N2CCC[C@@H]3CCCCC32)ccc1NC(=O)c1ccc(Cl)cc1Cl)c1ccccc1. The van der Waals surface area contributed by atoms with Crippen LogP contribution in [-0.2, 0) is 0 Å². The van der Waals surface area contributed by atoms with E-state index in [-0.39, 0.29) is 28.4 Å². The summed E-state index contributed by atoms with van der Waals surface area (Å²) in [5.74, 6) is -0.292. The van der Waals surface area contributed by atoms with Crippen molar-refractivity contribution in [2.45, 2.75) is 44.6 Å². The Labute approximate surface area is 232 Å². The quantitative estimate of drug-likeness (QED) is 0.350. The fourth-order valence-corrected chi connectivity index (χ4v) is 6.07. The lowest BCUT2D eigenvalue weighted by Gasteiger charge is -2.44. The van der Waals surface area contributed by atoms with Gasteiger partial charge in [-0.2, -0.15) is 0 Å². The molecule has 1 aliphatic carbocycles. The minimum absolute atomic E-state index is 0.0459. The molecule has 38 heavy (non-hydrogen) atoms. The number of benzene rings is 3. The average Bonchev–Trinajstić information content (AvgIpc) is 2.93. The molecule has 1 unspecified atom stereocenters. The summed E-state index contributed by atoms with van der Waals surface area (Å²) in [6, 6.07) is 18.7. The molecule has 1 heterocycles. The molecule has 0 spiro atoms. The third kappa shape index (κ3) is 5.71. The van der Waals surface area contributed by atoms with Crippen LogP contribution in [0.25, 0.3) is 0 Å². The lowest BCUT2D eigenvalue weighted by atomic mass is 9.78. The molecule has 8 heteroatoms. The Morgan fingerprint density at radius 3 is 2.26 bits per heavy atom. The van der Waals surface area contributed by atoms with E-state index in [2.05, 4.69) is 10.6 Å². The highest BCUT2D eigenvalue weighted by molar-refractivity contribution is 6.37. The number of hydrogen-bond donors (Lipinski definition) is 2. The standard InChI is InChI=1S/C30H29Cl2N3O3/c31-22-13-14-23(24(32)18-22)29(37)33-25-15-12-21(17-26(25)34-28(36)20-8-2-1-3-9-20)30(38)35-16-6-10-19-7-4-5-11-27(19)35/h1-3,8-9,12-15,17-19,27H,4-7,10-11,16H2,(H,33,37)(H,34,36)/t19-,27?/m0/s1. The van der Waals surface area contributed by atoms with Crippen LogP contribution < -0.4 is 10.6 Å². The Kier molecular flexibility index (Phi) is 8.01. The molecule has 6 nitrogen and oxygen atoms in total. The number of anilines is 2. The maximum atomic E-state index is 13.7. The van der Waals surface area contributed by atoms with Crippen molar-refractivity contribution < 1.29 is 14.4 Å². The van der Waals surface area contributed by atoms with Gasteiger partial charge in [-0.15, -0.1) is 0 Å². The number of nitrogens with one attached hydrogen (secondary N) is 2. The number of hydrogen-bond acceptors (Lipinski definition) is 3. The summed E-state index contributed by atoms with van der Waals surface area (Å²) < 4.78 is 0. The third-order valence-corrected chi connectivity index (χ3v) is 8.03. The summed E-state index contributed by atoms with van der Waals surface area (Å²) in [7, 11) is 0. The van der Waals surface area contributed by atoms with Crippen LogP contribution in [0.1, 0.15) is 69.6 Å². The van der Waals surface area contributed by atoms with Crippen LogP contribution in [0, 0.1) is 5.92 Å². The molecule has 1 saturated heterocycles. The second-order valence-electron chi connectivity index (χ2n) is 9.91. The second kappa shape index (κ2) is 11.6. The molecule has 0 bridgehead atoms. The fourth-order valence-electron chi connectivity index (χ4n) is 5.58. The molecule has 3 amide bonds. The van der Waals surface area contributed by atoms with Gasteiger partial charge in [0.15, 0.2) is 0 Å². The molecular formula is C30H29Cl2N3O3. The van der Waals surface area contributed by atoms with E-state index in [0.717, 1.165) is 25.8 Å². The van der Waals surface area contributed by atoms with Crippen molar-refractivity contribution in [1.29, 1.82) is 0 Å². The van der Waals surface area contributed by atoms with Gasteiger partial charge < -0.3 is 15.5 Å². The van der Waals surface area contributed by atoms with Crippen LogP contribution >= 0.6 is 23.2 Å². The molecule has 2 fully saturated rings. The molecule has 0 aromatic heterocycles. The van der Waals surface area contributed by atoms with Crippen molar-refractivity contribution in [2.75, 3.05) is 17.2 Å². The highest BCUT2D eigenvalue weighted by atomic mass is 35.5. The molecular weight excluding hydrogens is 521 g/mol. The molecule has 2 aliphatic rings. The van der Waals surface area contributed by atoms with Crippen LogP contribution in [0.2, 0.25) is 10.0 Å². The van der Waals surface area contributed by atoms with Gasteiger partial charge in [0.05, 0.1) is 22.0 Å². The summed E-state index contributed by atoms with van der Waals surface area (Å²) >= 11 is 12.2. The van der Waals surface area contributed by atoms with E-state index in [1.54, 1.807) is 48.5 Å². The van der Waals surface area contributed by atoms with E-state index < -0.39 is 5.91 Å². The maximum absolute atomic E-state index is 13.7. The topological polar surface area (TPSA) is 78.5 Å². The van der Waals surface area contributed by atoms with E-state index >= 15 is 0 Å². The van der Waals surface area contributed by atoms with Gasteiger partial charge >= 0.3 is 0 Å². The minimum atomic E-state index is -0.456. The Hall–Kier alpha value is -3.35. The largest absolute Gasteiger partial charge is 0.335 e. The molecule has 196 valence electrons. The van der Waals surface area contributed by atoms with Crippen molar-refractivity contribution >= 4 is 52.3 Å². The minimum Gasteiger partial charge on any atom is -0.335 e. The lowest BCUT2D eigenvalue weighted by Crippen LogP contribution is -2.49. The van der Waals surface area contributed by atoms with Crippen molar-refractivity contribution in [3.63, 3.8) is 0 Å². The number of carbonyl (C=O) groups excluding carboxylic acids is 3. The average molecular weight is 550 g/mol. The van der Waals surface area contributed by atoms with E-state index in [1.807, 2.05) is 11.0 Å². The Morgan fingerprint density at radius 2 is 1.47 bits per heavy atom. The second-order valence-corrected chi connectivity index (χ2v) is 10.8. The summed E-state index contributed by atoms with van der Waals surface area (Å²) in [6.07, 6.45) is 6.74. The molecule has 1 saturated carbocycles. The zero-order chi connectivity index (χ0) is 26.6. The van der Waals surface area contributed by atoms with Crippen molar-refractivity contribution in [1.82, 2.24) is 4.90 Å². The number of likely N-dealkylation sites (tertiary alicyclic amines) is 1. The number of rotatable bonds is 5. The van der Waals surface area contributed by atoms with Crippen molar-refractivity contribution in [2.24, 2.45) is 5.92 Å². The molecule has 2 N–H and O–H groups in total. The van der Waals surface area contributed by atoms with Crippen molar-refractivity contribution in [3.8, 4) is 0 Å². The monoisotopic (exact) mass is 549 g/mol. The van der Waals surface area contributed by atoms with Gasteiger partial charge in [-0.05, 0) is 80.1 Å². The van der Waals surface area contributed by atoms with E-state index in [4.69, 9.17) is 23.2 Å². The zero-order valence-corrected chi connectivity index (χ0v) is 22.4. The fraction of sp³-hybridized carbons (Fsp3) is 0.300. The van der Waals surface area contributed by atoms with Gasteiger partial charge in [-0.25, -0.2) is 0 Å². The normalized spacial score (nSPS) is 18.8. The smallest absolute Gasteiger partial charge is 0.257 e. The van der Waals surface area contributed by atoms with Crippen LogP contribution in [0.3, 0.4) is 0 Å². The first-order valence-electron chi connectivity index (χ1n) is 13.0. The van der Waals surface area contributed by atoms with Gasteiger partial charge in [0.2, 0.25) is 0 Å². The molecule has 5 rings (SSSR count). The number of nitrogens with zero attached hydrogens (tertiary/aromatic N) is 1. The van der Waals surface area contributed by atoms with Crippen LogP contribution in [0.5, 0.6) is 0 Å². The maximum Gasteiger partial charge on any atom is 0.257 e.